The molecule has 120 valence electrons. The Kier molecular flexibility index (Phi) is 4.95. The van der Waals surface area contributed by atoms with Gasteiger partial charge in [-0.1, -0.05) is 61.6 Å². The molecule has 0 aliphatic heterocycles. The molecule has 0 N–H and O–H groups in total. The number of furan rings is 1. The second-order valence-electron chi connectivity index (χ2n) is 7.41. The lowest BCUT2D eigenvalue weighted by Gasteiger charge is -2.42. The standard InChI is InChI=1S/C18H25IO2Si/c1-17(2,3)22(5,6)21-18(4,11-12-19)16-13-14-9-7-8-10-15(14)20-16/h7-13H,1-6H3/t18-/m0/s1. The summed E-state index contributed by atoms with van der Waals surface area (Å²) in [7, 11) is -1.92. The van der Waals surface area contributed by atoms with Gasteiger partial charge < -0.3 is 8.84 Å². The van der Waals surface area contributed by atoms with Gasteiger partial charge in [0.25, 0.3) is 0 Å². The van der Waals surface area contributed by atoms with Gasteiger partial charge in [0, 0.05) is 5.39 Å². The summed E-state index contributed by atoms with van der Waals surface area (Å²) in [4.78, 5) is 0. The minimum atomic E-state index is -1.92. The van der Waals surface area contributed by atoms with E-state index in [1.807, 2.05) is 22.3 Å². The van der Waals surface area contributed by atoms with Crippen molar-refractivity contribution in [2.45, 2.75) is 51.4 Å². The molecule has 0 aliphatic rings. The summed E-state index contributed by atoms with van der Waals surface area (Å²) in [5, 5.41) is 1.27. The Labute approximate surface area is 148 Å². The van der Waals surface area contributed by atoms with Gasteiger partial charge in [0.05, 0.1) is 0 Å². The third-order valence-corrected chi connectivity index (χ3v) is 9.48. The smallest absolute Gasteiger partial charge is 0.193 e. The van der Waals surface area contributed by atoms with Gasteiger partial charge in [0.2, 0.25) is 0 Å². The van der Waals surface area contributed by atoms with Gasteiger partial charge in [-0.15, -0.1) is 0 Å². The zero-order chi connectivity index (χ0) is 16.6. The second-order valence-corrected chi connectivity index (χ2v) is 12.9. The van der Waals surface area contributed by atoms with Gasteiger partial charge in [-0.2, -0.15) is 0 Å². The van der Waals surface area contributed by atoms with Crippen LogP contribution in [0.3, 0.4) is 0 Å². The highest BCUT2D eigenvalue weighted by Crippen LogP contribution is 2.43. The molecule has 2 nitrogen and oxygen atoms in total. The number of hydrogen-bond donors (Lipinski definition) is 0. The Morgan fingerprint density at radius 3 is 2.32 bits per heavy atom. The zero-order valence-corrected chi connectivity index (χ0v) is 17.4. The van der Waals surface area contributed by atoms with E-state index in [9.17, 15) is 0 Å². The molecule has 2 rings (SSSR count). The fourth-order valence-corrected chi connectivity index (χ4v) is 4.42. The van der Waals surface area contributed by atoms with E-state index in [4.69, 9.17) is 8.84 Å². The van der Waals surface area contributed by atoms with Gasteiger partial charge in [0.1, 0.15) is 16.9 Å². The highest BCUT2D eigenvalue weighted by molar-refractivity contribution is 14.1. The fourth-order valence-electron chi connectivity index (χ4n) is 2.20. The van der Waals surface area contributed by atoms with Crippen LogP contribution in [-0.2, 0) is 10.0 Å². The summed E-state index contributed by atoms with van der Waals surface area (Å²) in [5.74, 6) is 0.867. The third-order valence-electron chi connectivity index (χ3n) is 4.57. The van der Waals surface area contributed by atoms with Crippen molar-refractivity contribution in [2.75, 3.05) is 0 Å². The van der Waals surface area contributed by atoms with Crippen LogP contribution < -0.4 is 0 Å². The van der Waals surface area contributed by atoms with E-state index in [0.29, 0.717) is 0 Å². The van der Waals surface area contributed by atoms with E-state index >= 15 is 0 Å². The topological polar surface area (TPSA) is 22.4 Å². The molecule has 0 fully saturated rings. The van der Waals surface area contributed by atoms with Crippen molar-refractivity contribution in [3.05, 3.63) is 46.3 Å². The summed E-state index contributed by atoms with van der Waals surface area (Å²) >= 11 is 2.24. The average Bonchev–Trinajstić information content (AvgIpc) is 2.81. The zero-order valence-electron chi connectivity index (χ0n) is 14.2. The van der Waals surface area contributed by atoms with Crippen molar-refractivity contribution < 1.29 is 8.84 Å². The molecule has 0 aliphatic carbocycles. The molecule has 1 aromatic heterocycles. The summed E-state index contributed by atoms with van der Waals surface area (Å²) in [6, 6.07) is 10.2. The number of hydrogen-bond acceptors (Lipinski definition) is 2. The van der Waals surface area contributed by atoms with Crippen molar-refractivity contribution in [2.24, 2.45) is 0 Å². The molecule has 0 bridgehead atoms. The maximum absolute atomic E-state index is 6.70. The molecule has 0 saturated heterocycles. The van der Waals surface area contributed by atoms with Crippen molar-refractivity contribution in [3.63, 3.8) is 0 Å². The minimum Gasteiger partial charge on any atom is -0.458 e. The lowest BCUT2D eigenvalue weighted by Crippen LogP contribution is -2.46. The van der Waals surface area contributed by atoms with Crippen molar-refractivity contribution in [1.82, 2.24) is 0 Å². The van der Waals surface area contributed by atoms with Crippen LogP contribution in [0.15, 0.2) is 44.9 Å². The molecule has 1 aromatic carbocycles. The summed E-state index contributed by atoms with van der Waals surface area (Å²) in [6.45, 7) is 13.4. The molecule has 1 atom stereocenters. The van der Waals surface area contributed by atoms with Crippen LogP contribution in [-0.4, -0.2) is 8.32 Å². The van der Waals surface area contributed by atoms with Crippen LogP contribution in [0.2, 0.25) is 18.1 Å². The normalized spacial score (nSPS) is 16.3. The molecule has 4 heteroatoms. The number of para-hydroxylation sites is 1. The Morgan fingerprint density at radius 2 is 1.77 bits per heavy atom. The van der Waals surface area contributed by atoms with Gasteiger partial charge >= 0.3 is 0 Å². The number of halogens is 1. The van der Waals surface area contributed by atoms with Crippen LogP contribution in [0.5, 0.6) is 0 Å². The first kappa shape index (κ1) is 17.8. The van der Waals surface area contributed by atoms with Crippen LogP contribution in [0.1, 0.15) is 33.5 Å². The van der Waals surface area contributed by atoms with Gasteiger partial charge in [0.15, 0.2) is 8.32 Å². The summed E-state index contributed by atoms with van der Waals surface area (Å²) < 4.78 is 14.8. The molecule has 22 heavy (non-hydrogen) atoms. The Balaban J connectivity index is 2.48. The van der Waals surface area contributed by atoms with Crippen LogP contribution in [0.25, 0.3) is 11.0 Å². The quantitative estimate of drug-likeness (QED) is 0.403. The summed E-state index contributed by atoms with van der Waals surface area (Å²) in [6.07, 6.45) is 2.09. The predicted octanol–water partition coefficient (Wildman–Crippen LogP) is 6.62. The Morgan fingerprint density at radius 1 is 1.14 bits per heavy atom. The molecule has 0 radical (unpaired) electrons. The molecular weight excluding hydrogens is 403 g/mol. The van der Waals surface area contributed by atoms with E-state index in [1.54, 1.807) is 0 Å². The maximum Gasteiger partial charge on any atom is 0.193 e. The van der Waals surface area contributed by atoms with Crippen LogP contribution in [0, 0.1) is 0 Å². The molecule has 2 aromatic rings. The third kappa shape index (κ3) is 3.49. The molecule has 0 amide bonds. The number of rotatable bonds is 4. The molecule has 1 heterocycles. The van der Waals surface area contributed by atoms with E-state index in [0.717, 1.165) is 16.7 Å². The molecule has 0 unspecified atom stereocenters. The van der Waals surface area contributed by atoms with Crippen LogP contribution >= 0.6 is 22.6 Å². The summed E-state index contributed by atoms with van der Waals surface area (Å²) in [5.41, 5.74) is 0.368. The number of fused-ring (bicyclic) bond motifs is 1. The first-order valence-corrected chi connectivity index (χ1v) is 11.7. The fraction of sp³-hybridized carbons (Fsp3) is 0.444. The minimum absolute atomic E-state index is 0.152. The van der Waals surface area contributed by atoms with E-state index in [1.165, 1.54) is 0 Å². The molecular formula is C18H25IO2Si. The highest BCUT2D eigenvalue weighted by atomic mass is 127. The van der Waals surface area contributed by atoms with Crippen LogP contribution in [0.4, 0.5) is 0 Å². The van der Waals surface area contributed by atoms with Crippen molar-refractivity contribution in [3.8, 4) is 0 Å². The highest BCUT2D eigenvalue weighted by Gasteiger charge is 2.44. The lowest BCUT2D eigenvalue weighted by atomic mass is 10.0. The van der Waals surface area contributed by atoms with Crippen molar-refractivity contribution >= 4 is 41.9 Å². The molecule has 0 saturated carbocycles. The maximum atomic E-state index is 6.70. The van der Waals surface area contributed by atoms with Crippen molar-refractivity contribution in [1.29, 1.82) is 0 Å². The number of benzene rings is 1. The largest absolute Gasteiger partial charge is 0.458 e. The van der Waals surface area contributed by atoms with Gasteiger partial charge in [-0.3, -0.25) is 0 Å². The predicted molar refractivity (Wildman–Crippen MR) is 105 cm³/mol. The van der Waals surface area contributed by atoms with E-state index in [-0.39, 0.29) is 5.04 Å². The molecule has 0 spiro atoms. The average molecular weight is 428 g/mol. The first-order chi connectivity index (χ1) is 10.1. The monoisotopic (exact) mass is 428 g/mol. The first-order valence-electron chi connectivity index (χ1n) is 7.56. The second kappa shape index (κ2) is 6.13. The SMILES string of the molecule is CC(C)(C)[Si](C)(C)O[C@@](C)(C=CI)c1cc2ccccc2o1. The lowest BCUT2D eigenvalue weighted by molar-refractivity contribution is 0.0980. The van der Waals surface area contributed by atoms with Gasteiger partial charge in [-0.25, -0.2) is 0 Å². The van der Waals surface area contributed by atoms with E-state index < -0.39 is 13.9 Å². The Hall–Kier alpha value is -0.593. The Bertz CT molecular complexity index is 649. The van der Waals surface area contributed by atoms with Gasteiger partial charge in [-0.05, 0) is 47.3 Å². The van der Waals surface area contributed by atoms with E-state index in [2.05, 4.69) is 81.6 Å².